The van der Waals surface area contributed by atoms with Crippen LogP contribution in [0.1, 0.15) is 37.4 Å². The zero-order valence-electron chi connectivity index (χ0n) is 15.9. The molecule has 0 amide bonds. The fourth-order valence-corrected chi connectivity index (χ4v) is 3.42. The maximum absolute atomic E-state index is 5.28. The van der Waals surface area contributed by atoms with E-state index in [1.165, 1.54) is 24.2 Å². The van der Waals surface area contributed by atoms with Gasteiger partial charge in [0.25, 0.3) is 0 Å². The van der Waals surface area contributed by atoms with Gasteiger partial charge in [0.2, 0.25) is 0 Å². The smallest absolute Gasteiger partial charge is 0.126 e. The predicted octanol–water partition coefficient (Wildman–Crippen LogP) is 3.91. The number of fused-ring (bicyclic) bond motifs is 1. The van der Waals surface area contributed by atoms with Gasteiger partial charge in [-0.05, 0) is 56.5 Å². The van der Waals surface area contributed by atoms with E-state index in [-0.39, 0.29) is 0 Å². The van der Waals surface area contributed by atoms with Gasteiger partial charge in [-0.25, -0.2) is 9.97 Å². The van der Waals surface area contributed by atoms with E-state index in [1.807, 2.05) is 19.1 Å². The van der Waals surface area contributed by atoms with Crippen molar-refractivity contribution in [3.63, 3.8) is 0 Å². The Balaban J connectivity index is 1.87. The molecule has 1 aromatic heterocycles. The van der Waals surface area contributed by atoms with Crippen molar-refractivity contribution < 1.29 is 4.74 Å². The highest BCUT2D eigenvalue weighted by Gasteiger charge is 2.20. The third-order valence-corrected chi connectivity index (χ3v) is 4.93. The Morgan fingerprint density at radius 3 is 2.48 bits per heavy atom. The first kappa shape index (κ1) is 17.9. The highest BCUT2D eigenvalue weighted by atomic mass is 16.5. The zero-order valence-corrected chi connectivity index (χ0v) is 15.9. The van der Waals surface area contributed by atoms with Crippen LogP contribution in [0.25, 0.3) is 11.3 Å². The van der Waals surface area contributed by atoms with E-state index in [2.05, 4.69) is 30.9 Å². The minimum atomic E-state index is 0.752. The van der Waals surface area contributed by atoms with Crippen molar-refractivity contribution in [1.29, 1.82) is 0 Å². The maximum atomic E-state index is 5.28. The highest BCUT2D eigenvalue weighted by molar-refractivity contribution is 5.65. The van der Waals surface area contributed by atoms with Crippen LogP contribution < -0.4 is 4.74 Å². The van der Waals surface area contributed by atoms with Crippen molar-refractivity contribution in [1.82, 2.24) is 14.9 Å². The van der Waals surface area contributed by atoms with Gasteiger partial charge in [-0.1, -0.05) is 13.8 Å². The minimum absolute atomic E-state index is 0.752. The predicted molar refractivity (Wildman–Crippen MR) is 102 cm³/mol. The summed E-state index contributed by atoms with van der Waals surface area (Å²) in [5.41, 5.74) is 4.79. The average molecular weight is 339 g/mol. The number of hydrogen-bond donors (Lipinski definition) is 0. The molecule has 2 heterocycles. The normalized spacial score (nSPS) is 15.1. The molecule has 0 bridgehead atoms. The second kappa shape index (κ2) is 7.96. The molecule has 0 radical (unpaired) electrons. The van der Waals surface area contributed by atoms with Crippen molar-refractivity contribution in [3.8, 4) is 17.0 Å². The van der Waals surface area contributed by atoms with E-state index in [0.717, 1.165) is 54.7 Å². The molecule has 4 nitrogen and oxygen atoms in total. The molecule has 1 aromatic carbocycles. The molecule has 1 aliphatic heterocycles. The summed E-state index contributed by atoms with van der Waals surface area (Å²) in [4.78, 5) is 12.1. The SMILES string of the molecule is COc1ccc(-c2nc(C)nc3c2CCN(CCC(C)C)CC3)cc1. The number of ether oxygens (including phenoxy) is 1. The summed E-state index contributed by atoms with van der Waals surface area (Å²) < 4.78 is 5.28. The third-order valence-electron chi connectivity index (χ3n) is 4.93. The summed E-state index contributed by atoms with van der Waals surface area (Å²) in [6.07, 6.45) is 3.29. The van der Waals surface area contributed by atoms with Gasteiger partial charge in [0.05, 0.1) is 12.8 Å². The molecule has 0 unspecified atom stereocenters. The van der Waals surface area contributed by atoms with Crippen LogP contribution in [0.4, 0.5) is 0 Å². The van der Waals surface area contributed by atoms with E-state index in [1.54, 1.807) is 7.11 Å². The Morgan fingerprint density at radius 1 is 1.08 bits per heavy atom. The average Bonchev–Trinajstić information content (AvgIpc) is 2.81. The first-order valence-corrected chi connectivity index (χ1v) is 9.30. The van der Waals surface area contributed by atoms with Crippen LogP contribution in [-0.4, -0.2) is 41.6 Å². The molecule has 2 aromatic rings. The minimum Gasteiger partial charge on any atom is -0.497 e. The van der Waals surface area contributed by atoms with E-state index < -0.39 is 0 Å². The van der Waals surface area contributed by atoms with Crippen LogP contribution in [0.5, 0.6) is 5.75 Å². The van der Waals surface area contributed by atoms with Crippen molar-refractivity contribution in [2.75, 3.05) is 26.7 Å². The molecule has 0 atom stereocenters. The quantitative estimate of drug-likeness (QED) is 0.828. The fourth-order valence-electron chi connectivity index (χ4n) is 3.42. The van der Waals surface area contributed by atoms with Gasteiger partial charge in [-0.2, -0.15) is 0 Å². The monoisotopic (exact) mass is 339 g/mol. The molecule has 0 saturated carbocycles. The number of benzene rings is 1. The molecule has 134 valence electrons. The van der Waals surface area contributed by atoms with Gasteiger partial charge < -0.3 is 9.64 Å². The highest BCUT2D eigenvalue weighted by Crippen LogP contribution is 2.28. The van der Waals surface area contributed by atoms with Gasteiger partial charge in [-0.3, -0.25) is 0 Å². The van der Waals surface area contributed by atoms with Crippen LogP contribution in [-0.2, 0) is 12.8 Å². The van der Waals surface area contributed by atoms with Crippen LogP contribution in [0.15, 0.2) is 24.3 Å². The van der Waals surface area contributed by atoms with Crippen molar-refractivity contribution >= 4 is 0 Å². The zero-order chi connectivity index (χ0) is 17.8. The lowest BCUT2D eigenvalue weighted by atomic mass is 10.0. The summed E-state index contributed by atoms with van der Waals surface area (Å²) in [5, 5.41) is 0. The fraction of sp³-hybridized carbons (Fsp3) is 0.524. The number of aryl methyl sites for hydroxylation is 1. The summed E-state index contributed by atoms with van der Waals surface area (Å²) in [5.74, 6) is 2.49. The van der Waals surface area contributed by atoms with E-state index in [4.69, 9.17) is 14.7 Å². The van der Waals surface area contributed by atoms with Gasteiger partial charge in [-0.15, -0.1) is 0 Å². The summed E-state index contributed by atoms with van der Waals surface area (Å²) in [7, 11) is 1.70. The Morgan fingerprint density at radius 2 is 1.80 bits per heavy atom. The standard InChI is InChI=1S/C21H29N3O/c1-15(2)9-12-24-13-10-19-20(11-14-24)22-16(3)23-21(19)17-5-7-18(25-4)8-6-17/h5-8,15H,9-14H2,1-4H3. The molecule has 0 spiro atoms. The molecule has 0 saturated heterocycles. The van der Waals surface area contributed by atoms with E-state index >= 15 is 0 Å². The van der Waals surface area contributed by atoms with Crippen LogP contribution in [0.3, 0.4) is 0 Å². The number of methoxy groups -OCH3 is 1. The Hall–Kier alpha value is -1.94. The molecule has 25 heavy (non-hydrogen) atoms. The Kier molecular flexibility index (Phi) is 5.69. The molecule has 4 heteroatoms. The first-order chi connectivity index (χ1) is 12.1. The number of nitrogens with zero attached hydrogens (tertiary/aromatic N) is 3. The Bertz CT molecular complexity index is 710. The van der Waals surface area contributed by atoms with E-state index in [0.29, 0.717) is 0 Å². The number of aromatic nitrogens is 2. The maximum Gasteiger partial charge on any atom is 0.126 e. The lowest BCUT2D eigenvalue weighted by Gasteiger charge is -2.20. The van der Waals surface area contributed by atoms with Crippen molar-refractivity contribution in [3.05, 3.63) is 41.3 Å². The second-order valence-corrected chi connectivity index (χ2v) is 7.30. The molecule has 0 fully saturated rings. The second-order valence-electron chi connectivity index (χ2n) is 7.30. The number of rotatable bonds is 5. The van der Waals surface area contributed by atoms with Crippen LogP contribution in [0, 0.1) is 12.8 Å². The Labute approximate surface area is 151 Å². The van der Waals surface area contributed by atoms with Crippen LogP contribution in [0.2, 0.25) is 0 Å². The van der Waals surface area contributed by atoms with Crippen LogP contribution >= 0.6 is 0 Å². The molecule has 3 rings (SSSR count). The first-order valence-electron chi connectivity index (χ1n) is 9.30. The molecule has 0 N–H and O–H groups in total. The lowest BCUT2D eigenvalue weighted by Crippen LogP contribution is -2.28. The molecule has 1 aliphatic rings. The molecular weight excluding hydrogens is 310 g/mol. The summed E-state index contributed by atoms with van der Waals surface area (Å²) >= 11 is 0. The molecule has 0 aliphatic carbocycles. The van der Waals surface area contributed by atoms with E-state index in [9.17, 15) is 0 Å². The molecular formula is C21H29N3O. The van der Waals surface area contributed by atoms with Crippen molar-refractivity contribution in [2.24, 2.45) is 5.92 Å². The van der Waals surface area contributed by atoms with Gasteiger partial charge >= 0.3 is 0 Å². The van der Waals surface area contributed by atoms with Gasteiger partial charge in [0.15, 0.2) is 0 Å². The topological polar surface area (TPSA) is 38.3 Å². The van der Waals surface area contributed by atoms with Gasteiger partial charge in [0, 0.05) is 36.3 Å². The number of hydrogen-bond acceptors (Lipinski definition) is 4. The van der Waals surface area contributed by atoms with Gasteiger partial charge in [0.1, 0.15) is 11.6 Å². The third kappa shape index (κ3) is 4.37. The lowest BCUT2D eigenvalue weighted by molar-refractivity contribution is 0.269. The largest absolute Gasteiger partial charge is 0.497 e. The summed E-state index contributed by atoms with van der Waals surface area (Å²) in [6.45, 7) is 9.95. The summed E-state index contributed by atoms with van der Waals surface area (Å²) in [6, 6.07) is 8.21. The van der Waals surface area contributed by atoms with Crippen molar-refractivity contribution in [2.45, 2.75) is 40.0 Å².